The molecular formula is C27H32IrNO2-. The van der Waals surface area contributed by atoms with Crippen molar-refractivity contribution in [3.63, 3.8) is 0 Å². The molecule has 31 heavy (non-hydrogen) atoms. The summed E-state index contributed by atoms with van der Waals surface area (Å²) in [6.07, 6.45) is 8.02. The van der Waals surface area contributed by atoms with E-state index in [2.05, 4.69) is 61.3 Å². The Morgan fingerprint density at radius 3 is 2.35 bits per heavy atom. The van der Waals surface area contributed by atoms with Crippen molar-refractivity contribution in [2.45, 2.75) is 64.6 Å². The van der Waals surface area contributed by atoms with Crippen LogP contribution < -0.4 is 0 Å². The number of rotatable bonds is 1. The first-order chi connectivity index (χ1) is 14.5. The predicted octanol–water partition coefficient (Wildman–Crippen LogP) is 5.62. The maximum absolute atomic E-state index is 9.77. The Hall–Kier alpha value is -1.58. The molecule has 0 aliphatic heterocycles. The van der Waals surface area contributed by atoms with E-state index in [4.69, 9.17) is 0 Å². The maximum atomic E-state index is 9.77. The normalized spacial score (nSPS) is 25.0. The maximum Gasteiger partial charge on any atom is 0.0595 e. The quantitative estimate of drug-likeness (QED) is 0.360. The summed E-state index contributed by atoms with van der Waals surface area (Å²) in [6.45, 7) is 4.17. The molecule has 2 aliphatic carbocycles. The zero-order valence-electron chi connectivity index (χ0n) is 18.3. The van der Waals surface area contributed by atoms with Crippen molar-refractivity contribution in [1.29, 1.82) is 0 Å². The van der Waals surface area contributed by atoms with E-state index in [9.17, 15) is 10.2 Å². The zero-order valence-corrected chi connectivity index (χ0v) is 20.7. The van der Waals surface area contributed by atoms with Gasteiger partial charge in [-0.05, 0) is 48.1 Å². The summed E-state index contributed by atoms with van der Waals surface area (Å²) >= 11 is 0. The van der Waals surface area contributed by atoms with Crippen LogP contribution in [0.1, 0.15) is 49.7 Å². The monoisotopic (exact) mass is 595 g/mol. The van der Waals surface area contributed by atoms with Crippen LogP contribution in [0.3, 0.4) is 0 Å². The summed E-state index contributed by atoms with van der Waals surface area (Å²) in [5.41, 5.74) is 4.45. The van der Waals surface area contributed by atoms with E-state index in [1.807, 2.05) is 12.3 Å². The third-order valence-corrected chi connectivity index (χ3v) is 6.65. The molecule has 2 N–H and O–H groups in total. The molecule has 2 fully saturated rings. The number of pyridine rings is 1. The average molecular weight is 595 g/mol. The fraction of sp³-hybridized carbons (Fsp3) is 0.444. The number of nitrogens with zero attached hydrogens (tertiary/aromatic N) is 1. The third-order valence-electron chi connectivity index (χ3n) is 6.65. The smallest absolute Gasteiger partial charge is 0.0595 e. The molecule has 4 atom stereocenters. The van der Waals surface area contributed by atoms with Crippen LogP contribution in [0, 0.1) is 31.7 Å². The number of aliphatic hydroxyl groups is 2. The molecule has 1 heterocycles. The number of benzene rings is 2. The molecular weight excluding hydrogens is 563 g/mol. The number of aromatic nitrogens is 1. The van der Waals surface area contributed by atoms with Crippen LogP contribution in [0.2, 0.25) is 0 Å². The number of hydrogen-bond acceptors (Lipinski definition) is 3. The Morgan fingerprint density at radius 1 is 0.871 bits per heavy atom. The Bertz CT molecular complexity index is 985. The van der Waals surface area contributed by atoms with Crippen LogP contribution in [-0.2, 0) is 20.1 Å². The van der Waals surface area contributed by atoms with Crippen molar-refractivity contribution in [3.8, 4) is 11.3 Å². The first-order valence-electron chi connectivity index (χ1n) is 11.2. The van der Waals surface area contributed by atoms with Crippen molar-refractivity contribution in [1.82, 2.24) is 4.98 Å². The molecule has 2 aromatic carbocycles. The topological polar surface area (TPSA) is 53.4 Å². The molecule has 3 aromatic rings. The Morgan fingerprint density at radius 2 is 1.58 bits per heavy atom. The van der Waals surface area contributed by atoms with Crippen LogP contribution in [0.5, 0.6) is 0 Å². The van der Waals surface area contributed by atoms with E-state index in [0.29, 0.717) is 5.92 Å². The van der Waals surface area contributed by atoms with E-state index in [0.717, 1.165) is 42.5 Å². The van der Waals surface area contributed by atoms with Gasteiger partial charge < -0.3 is 15.2 Å². The number of fused-ring (bicyclic) bond motifs is 2. The Balaban J connectivity index is 0.000000183. The minimum absolute atomic E-state index is 0. The van der Waals surface area contributed by atoms with E-state index >= 15 is 0 Å². The standard InChI is InChI=1S/C17H14N.C10H18O2.Ir/c1-12-7-13(2)9-16(8-12)17-10-14-5-3-4-6-15(14)11-18-17;11-8-4-2-1-3-7-5-6-9(12)10(7)8;/h3-8,10-11H,1-2H3;7-12H,1-6H2;/q-1;;. The van der Waals surface area contributed by atoms with Gasteiger partial charge in [-0.3, -0.25) is 0 Å². The van der Waals surface area contributed by atoms with Crippen LogP contribution >= 0.6 is 0 Å². The number of hydrogen-bond donors (Lipinski definition) is 2. The molecule has 2 saturated carbocycles. The first kappa shape index (κ1) is 24.1. The van der Waals surface area contributed by atoms with Crippen LogP contribution in [0.15, 0.2) is 48.7 Å². The van der Waals surface area contributed by atoms with Gasteiger partial charge in [-0.1, -0.05) is 57.0 Å². The van der Waals surface area contributed by atoms with Gasteiger partial charge in [-0.2, -0.15) is 0 Å². The molecule has 5 rings (SSSR count). The Kier molecular flexibility index (Phi) is 8.41. The molecule has 0 amide bonds. The van der Waals surface area contributed by atoms with E-state index < -0.39 is 0 Å². The molecule has 0 bridgehead atoms. The van der Waals surface area contributed by atoms with Gasteiger partial charge in [0.05, 0.1) is 12.2 Å². The second kappa shape index (κ2) is 10.8. The van der Waals surface area contributed by atoms with Crippen LogP contribution in [-0.4, -0.2) is 27.4 Å². The zero-order chi connectivity index (χ0) is 21.1. The van der Waals surface area contributed by atoms with E-state index in [1.54, 1.807) is 0 Å². The Labute approximate surface area is 199 Å². The molecule has 167 valence electrons. The molecule has 0 saturated heterocycles. The molecule has 1 radical (unpaired) electrons. The van der Waals surface area contributed by atoms with Crippen molar-refractivity contribution in [2.24, 2.45) is 11.8 Å². The summed E-state index contributed by atoms with van der Waals surface area (Å²) in [7, 11) is 0. The van der Waals surface area contributed by atoms with Gasteiger partial charge in [-0.25, -0.2) is 0 Å². The molecule has 4 unspecified atom stereocenters. The molecule has 4 heteroatoms. The van der Waals surface area contributed by atoms with Crippen molar-refractivity contribution in [3.05, 3.63) is 65.9 Å². The average Bonchev–Trinajstić information content (AvgIpc) is 3.00. The summed E-state index contributed by atoms with van der Waals surface area (Å²) in [5, 5.41) is 21.8. The van der Waals surface area contributed by atoms with Gasteiger partial charge in [0.2, 0.25) is 0 Å². The molecule has 3 nitrogen and oxygen atoms in total. The predicted molar refractivity (Wildman–Crippen MR) is 122 cm³/mol. The number of aliphatic hydroxyl groups excluding tert-OH is 2. The third kappa shape index (κ3) is 5.81. The van der Waals surface area contributed by atoms with Crippen LogP contribution in [0.25, 0.3) is 22.0 Å². The molecule has 1 aromatic heterocycles. The van der Waals surface area contributed by atoms with Gasteiger partial charge in [0.1, 0.15) is 0 Å². The fourth-order valence-corrected chi connectivity index (χ4v) is 5.21. The van der Waals surface area contributed by atoms with Gasteiger partial charge in [0.15, 0.2) is 0 Å². The van der Waals surface area contributed by atoms with Gasteiger partial charge in [0, 0.05) is 32.2 Å². The SMILES string of the molecule is Cc1[c-]c(-c2cc3ccccc3cn2)cc(C)c1.OC1CCCCC2CCC(O)C12.[Ir]. The number of aryl methyl sites for hydroxylation is 2. The van der Waals surface area contributed by atoms with Crippen molar-refractivity contribution in [2.75, 3.05) is 0 Å². The van der Waals surface area contributed by atoms with Crippen molar-refractivity contribution >= 4 is 10.8 Å². The second-order valence-corrected chi connectivity index (χ2v) is 9.01. The van der Waals surface area contributed by atoms with E-state index in [-0.39, 0.29) is 38.2 Å². The fourth-order valence-electron chi connectivity index (χ4n) is 5.21. The van der Waals surface area contributed by atoms with Crippen molar-refractivity contribution < 1.29 is 30.3 Å². The van der Waals surface area contributed by atoms with Gasteiger partial charge in [0.25, 0.3) is 0 Å². The summed E-state index contributed by atoms with van der Waals surface area (Å²) in [5.74, 6) is 0.810. The largest absolute Gasteiger partial charge is 0.393 e. The molecule has 0 spiro atoms. The summed E-state index contributed by atoms with van der Waals surface area (Å²) < 4.78 is 0. The van der Waals surface area contributed by atoms with Crippen LogP contribution in [0.4, 0.5) is 0 Å². The second-order valence-electron chi connectivity index (χ2n) is 9.01. The first-order valence-corrected chi connectivity index (χ1v) is 11.2. The van der Waals surface area contributed by atoms with E-state index in [1.165, 1.54) is 29.2 Å². The van der Waals surface area contributed by atoms with Gasteiger partial charge >= 0.3 is 0 Å². The minimum Gasteiger partial charge on any atom is -0.393 e. The summed E-state index contributed by atoms with van der Waals surface area (Å²) in [4.78, 5) is 4.53. The van der Waals surface area contributed by atoms with Gasteiger partial charge in [-0.15, -0.1) is 34.9 Å². The molecule has 2 aliphatic rings. The summed E-state index contributed by atoms with van der Waals surface area (Å²) in [6, 6.07) is 18.0. The minimum atomic E-state index is -0.227.